The highest BCUT2D eigenvalue weighted by atomic mass is 32.1. The quantitative estimate of drug-likeness (QED) is 0.614. The number of nitrogens with zero attached hydrogens (tertiary/aromatic N) is 1. The third-order valence-electron chi connectivity index (χ3n) is 2.34. The van der Waals surface area contributed by atoms with Crippen LogP contribution >= 0.6 is 11.3 Å². The normalized spacial score (nSPS) is 11.9. The lowest BCUT2D eigenvalue weighted by molar-refractivity contribution is -0.140. The van der Waals surface area contributed by atoms with Crippen LogP contribution in [0.1, 0.15) is 31.9 Å². The summed E-state index contributed by atoms with van der Waals surface area (Å²) in [7, 11) is 0. The Balaban J connectivity index is 2.60. The first-order valence-electron chi connectivity index (χ1n) is 5.83. The number of rotatable bonds is 6. The molecule has 5 N–H and O–H groups in total. The summed E-state index contributed by atoms with van der Waals surface area (Å²) in [6.07, 6.45) is -0.474. The Morgan fingerprint density at radius 3 is 2.55 bits per heavy atom. The van der Waals surface area contributed by atoms with Crippen LogP contribution < -0.4 is 16.4 Å². The summed E-state index contributed by atoms with van der Waals surface area (Å²) < 4.78 is 0. The van der Waals surface area contributed by atoms with Gasteiger partial charge in [0.1, 0.15) is 6.04 Å². The predicted molar refractivity (Wildman–Crippen MR) is 73.6 cm³/mol. The van der Waals surface area contributed by atoms with E-state index in [-0.39, 0.29) is 5.92 Å². The fourth-order valence-corrected chi connectivity index (χ4v) is 2.17. The number of carbonyl (C=O) groups excluding carboxylic acids is 2. The second-order valence-corrected chi connectivity index (χ2v) is 5.25. The molecular formula is C11H16N4O4S. The second-order valence-electron chi connectivity index (χ2n) is 4.39. The first-order chi connectivity index (χ1) is 9.29. The van der Waals surface area contributed by atoms with E-state index in [1.807, 2.05) is 13.8 Å². The van der Waals surface area contributed by atoms with Crippen molar-refractivity contribution >= 4 is 34.4 Å². The van der Waals surface area contributed by atoms with Gasteiger partial charge in [0.25, 0.3) is 0 Å². The minimum absolute atomic E-state index is 0.228. The highest BCUT2D eigenvalue weighted by Gasteiger charge is 2.22. The Labute approximate surface area is 119 Å². The minimum Gasteiger partial charge on any atom is -0.480 e. The van der Waals surface area contributed by atoms with Gasteiger partial charge in [-0.25, -0.2) is 14.6 Å². The zero-order valence-corrected chi connectivity index (χ0v) is 11.9. The van der Waals surface area contributed by atoms with Crippen LogP contribution in [0.15, 0.2) is 5.38 Å². The molecule has 9 heteroatoms. The average molecular weight is 300 g/mol. The van der Waals surface area contributed by atoms with Crippen molar-refractivity contribution < 1.29 is 19.5 Å². The number of anilines is 1. The number of nitrogens with one attached hydrogen (secondary N) is 2. The van der Waals surface area contributed by atoms with Gasteiger partial charge in [0.05, 0.1) is 12.1 Å². The van der Waals surface area contributed by atoms with E-state index in [1.54, 1.807) is 5.38 Å². The first-order valence-corrected chi connectivity index (χ1v) is 6.71. The second kappa shape index (κ2) is 6.85. The van der Waals surface area contributed by atoms with Crippen LogP contribution in [-0.2, 0) is 9.59 Å². The van der Waals surface area contributed by atoms with Gasteiger partial charge < -0.3 is 16.2 Å². The number of aliphatic carboxylic acids is 1. The molecule has 0 spiro atoms. The molecule has 20 heavy (non-hydrogen) atoms. The van der Waals surface area contributed by atoms with Crippen molar-refractivity contribution in [3.8, 4) is 0 Å². The van der Waals surface area contributed by atoms with Crippen LogP contribution in [0.4, 0.5) is 9.93 Å². The summed E-state index contributed by atoms with van der Waals surface area (Å²) in [5, 5.41) is 15.6. The molecule has 1 heterocycles. The van der Waals surface area contributed by atoms with Crippen LogP contribution in [0, 0.1) is 0 Å². The van der Waals surface area contributed by atoms with E-state index in [2.05, 4.69) is 15.6 Å². The van der Waals surface area contributed by atoms with E-state index < -0.39 is 30.4 Å². The fraction of sp³-hybridized carbons (Fsp3) is 0.455. The summed E-state index contributed by atoms with van der Waals surface area (Å²) in [5.41, 5.74) is 5.74. The molecule has 1 atom stereocenters. The maximum Gasteiger partial charge on any atom is 0.326 e. The largest absolute Gasteiger partial charge is 0.480 e. The molecule has 0 bridgehead atoms. The highest BCUT2D eigenvalue weighted by molar-refractivity contribution is 7.13. The number of urea groups is 1. The van der Waals surface area contributed by atoms with Crippen LogP contribution in [0.2, 0.25) is 0 Å². The fourth-order valence-electron chi connectivity index (χ4n) is 1.30. The van der Waals surface area contributed by atoms with Gasteiger partial charge in [-0.05, 0) is 5.92 Å². The van der Waals surface area contributed by atoms with Crippen LogP contribution in [0.25, 0.3) is 0 Å². The lowest BCUT2D eigenvalue weighted by atomic mass is 10.2. The molecule has 0 aromatic carbocycles. The molecule has 8 nitrogen and oxygen atoms in total. The molecule has 0 aliphatic heterocycles. The first kappa shape index (κ1) is 15.9. The monoisotopic (exact) mass is 300 g/mol. The number of carboxylic acids is 1. The standard InChI is InChI=1S/C11H16N4O4S/c1-5(2)7-4-20-11(14-7)15-10(19)13-6(9(17)18)3-8(12)16/h4-6H,3H2,1-2H3,(H2,12,16)(H,17,18)(H2,13,14,15,19). The number of hydrogen-bond acceptors (Lipinski definition) is 5. The zero-order chi connectivity index (χ0) is 15.3. The van der Waals surface area contributed by atoms with Gasteiger partial charge in [-0.2, -0.15) is 0 Å². The average Bonchev–Trinajstić information content (AvgIpc) is 2.75. The Bertz CT molecular complexity index is 514. The van der Waals surface area contributed by atoms with Crippen LogP contribution in [0.3, 0.4) is 0 Å². The SMILES string of the molecule is CC(C)c1csc(NC(=O)NC(CC(N)=O)C(=O)O)n1. The summed E-state index contributed by atoms with van der Waals surface area (Å²) in [5.74, 6) is -1.92. The molecule has 0 aliphatic carbocycles. The van der Waals surface area contributed by atoms with E-state index in [4.69, 9.17) is 10.8 Å². The number of hydrogen-bond donors (Lipinski definition) is 4. The van der Waals surface area contributed by atoms with Gasteiger partial charge in [-0.3, -0.25) is 10.1 Å². The van der Waals surface area contributed by atoms with E-state index in [0.29, 0.717) is 5.13 Å². The molecule has 0 radical (unpaired) electrons. The molecule has 0 saturated heterocycles. The van der Waals surface area contributed by atoms with Gasteiger partial charge in [-0.15, -0.1) is 11.3 Å². The van der Waals surface area contributed by atoms with Gasteiger partial charge in [-0.1, -0.05) is 13.8 Å². The van der Waals surface area contributed by atoms with Crippen molar-refractivity contribution in [3.63, 3.8) is 0 Å². The number of amides is 3. The number of aromatic nitrogens is 1. The summed E-state index contributed by atoms with van der Waals surface area (Å²) in [4.78, 5) is 37.3. The molecule has 1 rings (SSSR count). The van der Waals surface area contributed by atoms with Gasteiger partial charge in [0, 0.05) is 5.38 Å². The third-order valence-corrected chi connectivity index (χ3v) is 3.12. The Morgan fingerprint density at radius 1 is 1.45 bits per heavy atom. The van der Waals surface area contributed by atoms with Crippen molar-refractivity contribution in [1.82, 2.24) is 10.3 Å². The predicted octanol–water partition coefficient (Wildman–Crippen LogP) is 0.717. The van der Waals surface area contributed by atoms with Crippen molar-refractivity contribution in [2.75, 3.05) is 5.32 Å². The highest BCUT2D eigenvalue weighted by Crippen LogP contribution is 2.21. The number of carbonyl (C=O) groups is 3. The van der Waals surface area contributed by atoms with Crippen LogP contribution in [0.5, 0.6) is 0 Å². The maximum absolute atomic E-state index is 11.6. The smallest absolute Gasteiger partial charge is 0.326 e. The van der Waals surface area contributed by atoms with Gasteiger partial charge in [0.15, 0.2) is 5.13 Å². The lowest BCUT2D eigenvalue weighted by Gasteiger charge is -2.12. The lowest BCUT2D eigenvalue weighted by Crippen LogP contribution is -2.45. The third kappa shape index (κ3) is 4.84. The molecule has 1 aromatic rings. The molecule has 3 amide bonds. The molecule has 1 unspecified atom stereocenters. The number of thiazole rings is 1. The minimum atomic E-state index is -1.36. The van der Waals surface area contributed by atoms with E-state index >= 15 is 0 Å². The van der Waals surface area contributed by atoms with Gasteiger partial charge >= 0.3 is 12.0 Å². The van der Waals surface area contributed by atoms with Gasteiger partial charge in [0.2, 0.25) is 5.91 Å². The molecule has 0 fully saturated rings. The van der Waals surface area contributed by atoms with Crippen molar-refractivity contribution in [3.05, 3.63) is 11.1 Å². The summed E-state index contributed by atoms with van der Waals surface area (Å²) in [6.45, 7) is 3.93. The molecule has 1 aromatic heterocycles. The van der Waals surface area contributed by atoms with Crippen molar-refractivity contribution in [1.29, 1.82) is 0 Å². The Kier molecular flexibility index (Phi) is 5.44. The van der Waals surface area contributed by atoms with Crippen molar-refractivity contribution in [2.45, 2.75) is 32.2 Å². The van der Waals surface area contributed by atoms with E-state index in [0.717, 1.165) is 5.69 Å². The molecular weight excluding hydrogens is 284 g/mol. The number of primary amides is 1. The zero-order valence-electron chi connectivity index (χ0n) is 11.0. The number of nitrogens with two attached hydrogens (primary N) is 1. The topological polar surface area (TPSA) is 134 Å². The van der Waals surface area contributed by atoms with Crippen molar-refractivity contribution in [2.24, 2.45) is 5.73 Å². The summed E-state index contributed by atoms with van der Waals surface area (Å²) >= 11 is 1.23. The molecule has 110 valence electrons. The maximum atomic E-state index is 11.6. The Hall–Kier alpha value is -2.16. The number of carboxylic acid groups (broad SMARTS) is 1. The van der Waals surface area contributed by atoms with Crippen LogP contribution in [-0.4, -0.2) is 34.0 Å². The summed E-state index contributed by atoms with van der Waals surface area (Å²) in [6, 6.07) is -2.11. The molecule has 0 aliphatic rings. The van der Waals surface area contributed by atoms with E-state index in [1.165, 1.54) is 11.3 Å². The molecule has 0 saturated carbocycles. The Morgan fingerprint density at radius 2 is 2.10 bits per heavy atom. The van der Waals surface area contributed by atoms with E-state index in [9.17, 15) is 14.4 Å².